The maximum atomic E-state index is 12.2. The van der Waals surface area contributed by atoms with Crippen molar-refractivity contribution >= 4 is 21.6 Å². The zero-order valence-electron chi connectivity index (χ0n) is 13.5. The smallest absolute Gasteiger partial charge is 0.242 e. The molecule has 1 N–H and O–H groups in total. The van der Waals surface area contributed by atoms with E-state index in [0.717, 1.165) is 11.1 Å². The molecule has 0 fully saturated rings. The third-order valence-electron chi connectivity index (χ3n) is 3.66. The summed E-state index contributed by atoms with van der Waals surface area (Å²) < 4.78 is 25.6. The minimum atomic E-state index is -3.40. The highest BCUT2D eigenvalue weighted by Gasteiger charge is 2.17. The quantitative estimate of drug-likeness (QED) is 0.866. The van der Waals surface area contributed by atoms with Crippen LogP contribution in [-0.2, 0) is 16.6 Å². The van der Waals surface area contributed by atoms with Crippen molar-refractivity contribution < 1.29 is 8.42 Å². The predicted molar refractivity (Wildman–Crippen MR) is 94.0 cm³/mol. The molecule has 2 aromatic rings. The number of halogens is 1. The zero-order chi connectivity index (χ0) is 17.0. The van der Waals surface area contributed by atoms with Crippen molar-refractivity contribution in [3.63, 3.8) is 0 Å². The first-order chi connectivity index (χ1) is 10.8. The van der Waals surface area contributed by atoms with Gasteiger partial charge in [-0.15, -0.1) is 0 Å². The lowest BCUT2D eigenvalue weighted by molar-refractivity contribution is 0.520. The van der Waals surface area contributed by atoms with Crippen LogP contribution in [0.25, 0.3) is 0 Å². The van der Waals surface area contributed by atoms with Gasteiger partial charge in [0.25, 0.3) is 0 Å². The Morgan fingerprint density at radius 1 is 1.13 bits per heavy atom. The molecular formula is C17H21ClN2O2S. The maximum absolute atomic E-state index is 12.2. The summed E-state index contributed by atoms with van der Waals surface area (Å²) in [6, 6.07) is 14.8. The molecule has 0 aliphatic carbocycles. The van der Waals surface area contributed by atoms with Gasteiger partial charge in [-0.05, 0) is 42.3 Å². The number of hydrogen-bond donors (Lipinski definition) is 1. The molecule has 4 nitrogen and oxygen atoms in total. The van der Waals surface area contributed by atoms with Crippen molar-refractivity contribution in [2.75, 3.05) is 14.1 Å². The zero-order valence-corrected chi connectivity index (χ0v) is 15.0. The van der Waals surface area contributed by atoms with E-state index in [-0.39, 0.29) is 6.04 Å². The summed E-state index contributed by atoms with van der Waals surface area (Å²) in [5, 5.41) is 4.10. The van der Waals surface area contributed by atoms with Crippen LogP contribution in [0.4, 0.5) is 0 Å². The van der Waals surface area contributed by atoms with E-state index in [1.54, 1.807) is 18.2 Å². The lowest BCUT2D eigenvalue weighted by atomic mass is 10.1. The third-order valence-corrected chi connectivity index (χ3v) is 5.72. The van der Waals surface area contributed by atoms with Crippen molar-refractivity contribution in [3.05, 3.63) is 64.7 Å². The van der Waals surface area contributed by atoms with Crippen LogP contribution in [0.1, 0.15) is 24.1 Å². The lowest BCUT2D eigenvalue weighted by Crippen LogP contribution is -2.23. The fourth-order valence-electron chi connectivity index (χ4n) is 2.17. The molecule has 124 valence electrons. The number of benzene rings is 2. The first kappa shape index (κ1) is 17.9. The van der Waals surface area contributed by atoms with E-state index >= 15 is 0 Å². The summed E-state index contributed by atoms with van der Waals surface area (Å²) in [4.78, 5) is 0.306. The molecule has 0 bridgehead atoms. The average molecular weight is 353 g/mol. The van der Waals surface area contributed by atoms with Gasteiger partial charge in [0, 0.05) is 31.7 Å². The standard InChI is InChI=1S/C17H21ClN2O2S/c1-13(15-7-9-16(18)10-8-15)19-12-14-5-4-6-17(11-14)23(21,22)20(2)3/h4-11,13,19H,12H2,1-3H3. The van der Waals surface area contributed by atoms with E-state index in [4.69, 9.17) is 11.6 Å². The summed E-state index contributed by atoms with van der Waals surface area (Å²) in [6.45, 7) is 2.64. The molecule has 0 heterocycles. The summed E-state index contributed by atoms with van der Waals surface area (Å²) in [6.07, 6.45) is 0. The SMILES string of the molecule is CC(NCc1cccc(S(=O)(=O)N(C)C)c1)c1ccc(Cl)cc1. The van der Waals surface area contributed by atoms with Gasteiger partial charge in [0.05, 0.1) is 4.90 Å². The number of rotatable bonds is 6. The van der Waals surface area contributed by atoms with Gasteiger partial charge < -0.3 is 5.32 Å². The molecular weight excluding hydrogens is 332 g/mol. The molecule has 0 radical (unpaired) electrons. The highest BCUT2D eigenvalue weighted by atomic mass is 35.5. The largest absolute Gasteiger partial charge is 0.306 e. The van der Waals surface area contributed by atoms with Crippen LogP contribution in [0, 0.1) is 0 Å². The van der Waals surface area contributed by atoms with E-state index in [0.29, 0.717) is 16.5 Å². The van der Waals surface area contributed by atoms with Gasteiger partial charge in [0.1, 0.15) is 0 Å². The number of hydrogen-bond acceptors (Lipinski definition) is 3. The van der Waals surface area contributed by atoms with Crippen LogP contribution < -0.4 is 5.32 Å². The minimum absolute atomic E-state index is 0.140. The van der Waals surface area contributed by atoms with E-state index in [9.17, 15) is 8.42 Å². The van der Waals surface area contributed by atoms with E-state index < -0.39 is 10.0 Å². The second kappa shape index (κ2) is 7.45. The summed E-state index contributed by atoms with van der Waals surface area (Å²) >= 11 is 5.89. The number of sulfonamides is 1. The Balaban J connectivity index is 2.08. The van der Waals surface area contributed by atoms with Crippen LogP contribution in [0.2, 0.25) is 5.02 Å². The summed E-state index contributed by atoms with van der Waals surface area (Å²) in [5.74, 6) is 0. The molecule has 6 heteroatoms. The Morgan fingerprint density at radius 2 is 1.78 bits per heavy atom. The van der Waals surface area contributed by atoms with Crippen LogP contribution in [-0.4, -0.2) is 26.8 Å². The molecule has 23 heavy (non-hydrogen) atoms. The second-order valence-corrected chi connectivity index (χ2v) is 8.18. The highest BCUT2D eigenvalue weighted by Crippen LogP contribution is 2.18. The summed E-state index contributed by atoms with van der Waals surface area (Å²) in [7, 11) is -0.343. The normalized spacial score (nSPS) is 13.3. The van der Waals surface area contributed by atoms with Crippen LogP contribution in [0.15, 0.2) is 53.4 Å². The van der Waals surface area contributed by atoms with Crippen LogP contribution >= 0.6 is 11.6 Å². The number of nitrogens with one attached hydrogen (secondary N) is 1. The van der Waals surface area contributed by atoms with E-state index in [1.165, 1.54) is 18.4 Å². The Hall–Kier alpha value is -1.40. The Labute approximate surface area is 143 Å². The van der Waals surface area contributed by atoms with Gasteiger partial charge in [-0.3, -0.25) is 0 Å². The molecule has 0 amide bonds. The molecule has 1 atom stereocenters. The van der Waals surface area contributed by atoms with Gasteiger partial charge in [0.15, 0.2) is 0 Å². The number of nitrogens with zero attached hydrogens (tertiary/aromatic N) is 1. The molecule has 0 saturated heterocycles. The molecule has 0 aromatic heterocycles. The molecule has 1 unspecified atom stereocenters. The van der Waals surface area contributed by atoms with Crippen molar-refractivity contribution in [3.8, 4) is 0 Å². The summed E-state index contributed by atoms with van der Waals surface area (Å²) in [5.41, 5.74) is 2.06. The fraction of sp³-hybridized carbons (Fsp3) is 0.294. The second-order valence-electron chi connectivity index (χ2n) is 5.59. The third kappa shape index (κ3) is 4.54. The topological polar surface area (TPSA) is 49.4 Å². The van der Waals surface area contributed by atoms with Crippen LogP contribution in [0.5, 0.6) is 0 Å². The van der Waals surface area contributed by atoms with Gasteiger partial charge in [-0.2, -0.15) is 0 Å². The molecule has 2 rings (SSSR count). The van der Waals surface area contributed by atoms with Gasteiger partial charge in [0.2, 0.25) is 10.0 Å². The van der Waals surface area contributed by atoms with Gasteiger partial charge in [-0.1, -0.05) is 35.9 Å². The molecule has 0 saturated carbocycles. The molecule has 2 aromatic carbocycles. The highest BCUT2D eigenvalue weighted by molar-refractivity contribution is 7.89. The maximum Gasteiger partial charge on any atom is 0.242 e. The Morgan fingerprint density at radius 3 is 2.39 bits per heavy atom. The Kier molecular flexibility index (Phi) is 5.81. The lowest BCUT2D eigenvalue weighted by Gasteiger charge is -2.16. The minimum Gasteiger partial charge on any atom is -0.306 e. The van der Waals surface area contributed by atoms with Crippen LogP contribution in [0.3, 0.4) is 0 Å². The van der Waals surface area contributed by atoms with Crippen molar-refractivity contribution in [1.29, 1.82) is 0 Å². The first-order valence-corrected chi connectivity index (χ1v) is 9.13. The van der Waals surface area contributed by atoms with Gasteiger partial charge >= 0.3 is 0 Å². The van der Waals surface area contributed by atoms with E-state index in [2.05, 4.69) is 12.2 Å². The van der Waals surface area contributed by atoms with Gasteiger partial charge in [-0.25, -0.2) is 12.7 Å². The van der Waals surface area contributed by atoms with Crippen molar-refractivity contribution in [1.82, 2.24) is 9.62 Å². The molecule has 0 spiro atoms. The fourth-order valence-corrected chi connectivity index (χ4v) is 3.27. The Bertz CT molecular complexity index is 758. The monoisotopic (exact) mass is 352 g/mol. The first-order valence-electron chi connectivity index (χ1n) is 7.31. The molecule has 0 aliphatic heterocycles. The van der Waals surface area contributed by atoms with Crippen molar-refractivity contribution in [2.24, 2.45) is 0 Å². The average Bonchev–Trinajstić information content (AvgIpc) is 2.53. The molecule has 0 aliphatic rings. The predicted octanol–water partition coefficient (Wildman–Crippen LogP) is 3.44. The van der Waals surface area contributed by atoms with E-state index in [1.807, 2.05) is 30.3 Å². The van der Waals surface area contributed by atoms with Crippen molar-refractivity contribution in [2.45, 2.75) is 24.4 Å².